The Bertz CT molecular complexity index is 572. The maximum absolute atomic E-state index is 5.71. The Morgan fingerprint density at radius 2 is 1.81 bits per heavy atom. The molecule has 0 heterocycles. The minimum Gasteiger partial charge on any atom is -0.497 e. The molecule has 0 aliphatic carbocycles. The van der Waals surface area contributed by atoms with Gasteiger partial charge < -0.3 is 9.47 Å². The van der Waals surface area contributed by atoms with Gasteiger partial charge in [0.2, 0.25) is 0 Å². The monoisotopic (exact) mass is 286 g/mol. The fourth-order valence-electron chi connectivity index (χ4n) is 2.41. The highest BCUT2D eigenvalue weighted by atomic mass is 16.5. The zero-order valence-corrected chi connectivity index (χ0v) is 12.5. The van der Waals surface area contributed by atoms with Gasteiger partial charge in [-0.1, -0.05) is 30.3 Å². The molecule has 0 aliphatic rings. The van der Waals surface area contributed by atoms with Crippen LogP contribution in [-0.2, 0) is 12.8 Å². The molecule has 0 saturated carbocycles. The van der Waals surface area contributed by atoms with Crippen LogP contribution >= 0.6 is 0 Å². The zero-order chi connectivity index (χ0) is 15.1. The Balaban J connectivity index is 2.09. The van der Waals surface area contributed by atoms with E-state index in [2.05, 4.69) is 17.6 Å². The molecule has 2 aromatic rings. The lowest BCUT2D eigenvalue weighted by atomic mass is 9.99. The average Bonchev–Trinajstić information content (AvgIpc) is 2.54. The van der Waals surface area contributed by atoms with E-state index in [0.29, 0.717) is 0 Å². The fraction of sp³-hybridized carbons (Fsp3) is 0.294. The lowest BCUT2D eigenvalue weighted by Crippen LogP contribution is -2.38. The van der Waals surface area contributed by atoms with Crippen LogP contribution in [0, 0.1) is 0 Å². The third kappa shape index (κ3) is 4.21. The van der Waals surface area contributed by atoms with E-state index in [0.717, 1.165) is 29.9 Å². The summed E-state index contributed by atoms with van der Waals surface area (Å²) in [6, 6.07) is 16.2. The van der Waals surface area contributed by atoms with Gasteiger partial charge in [0, 0.05) is 6.04 Å². The van der Waals surface area contributed by atoms with Crippen molar-refractivity contribution in [2.45, 2.75) is 18.9 Å². The van der Waals surface area contributed by atoms with Gasteiger partial charge in [-0.2, -0.15) is 0 Å². The van der Waals surface area contributed by atoms with E-state index in [-0.39, 0.29) is 6.04 Å². The van der Waals surface area contributed by atoms with Crippen molar-refractivity contribution in [3.63, 3.8) is 0 Å². The molecule has 4 nitrogen and oxygen atoms in total. The first kappa shape index (κ1) is 15.4. The van der Waals surface area contributed by atoms with Gasteiger partial charge >= 0.3 is 0 Å². The number of hydrogen-bond acceptors (Lipinski definition) is 4. The molecule has 112 valence electrons. The van der Waals surface area contributed by atoms with Crippen molar-refractivity contribution < 1.29 is 9.47 Å². The molecule has 0 fully saturated rings. The van der Waals surface area contributed by atoms with E-state index in [1.807, 2.05) is 36.4 Å². The highest BCUT2D eigenvalue weighted by Gasteiger charge is 2.12. The van der Waals surface area contributed by atoms with Gasteiger partial charge in [0.05, 0.1) is 14.2 Å². The van der Waals surface area contributed by atoms with Gasteiger partial charge in [-0.3, -0.25) is 11.3 Å². The number of para-hydroxylation sites is 1. The Morgan fingerprint density at radius 3 is 2.52 bits per heavy atom. The molecular formula is C17H22N2O2. The fourth-order valence-corrected chi connectivity index (χ4v) is 2.41. The minimum absolute atomic E-state index is 0.133. The second-order valence-corrected chi connectivity index (χ2v) is 4.94. The van der Waals surface area contributed by atoms with Gasteiger partial charge in [-0.05, 0) is 42.2 Å². The van der Waals surface area contributed by atoms with E-state index >= 15 is 0 Å². The summed E-state index contributed by atoms with van der Waals surface area (Å²) < 4.78 is 10.6. The average molecular weight is 286 g/mol. The van der Waals surface area contributed by atoms with Crippen LogP contribution in [0.1, 0.15) is 11.1 Å². The van der Waals surface area contributed by atoms with Crippen LogP contribution in [0.5, 0.6) is 11.5 Å². The summed E-state index contributed by atoms with van der Waals surface area (Å²) in [6.45, 7) is 0. The molecule has 0 aromatic heterocycles. The molecule has 2 rings (SSSR count). The molecule has 0 amide bonds. The molecule has 0 radical (unpaired) electrons. The first-order chi connectivity index (χ1) is 10.3. The van der Waals surface area contributed by atoms with Gasteiger partial charge in [0.25, 0.3) is 0 Å². The van der Waals surface area contributed by atoms with Crippen LogP contribution in [0.4, 0.5) is 0 Å². The zero-order valence-electron chi connectivity index (χ0n) is 12.5. The molecule has 21 heavy (non-hydrogen) atoms. The second-order valence-electron chi connectivity index (χ2n) is 4.94. The SMILES string of the molecule is COc1cccc(CC(Cc2ccccc2OC)NN)c1. The molecule has 0 bridgehead atoms. The summed E-state index contributed by atoms with van der Waals surface area (Å²) in [6.07, 6.45) is 1.63. The van der Waals surface area contributed by atoms with Crippen molar-refractivity contribution in [2.75, 3.05) is 14.2 Å². The van der Waals surface area contributed by atoms with E-state index in [9.17, 15) is 0 Å². The maximum Gasteiger partial charge on any atom is 0.122 e. The molecule has 0 aliphatic heterocycles. The van der Waals surface area contributed by atoms with Gasteiger partial charge in [0.1, 0.15) is 11.5 Å². The second kappa shape index (κ2) is 7.67. The quantitative estimate of drug-likeness (QED) is 0.606. The number of rotatable bonds is 7. The molecule has 1 atom stereocenters. The Morgan fingerprint density at radius 1 is 1.00 bits per heavy atom. The van der Waals surface area contributed by atoms with E-state index in [4.69, 9.17) is 15.3 Å². The molecule has 3 N–H and O–H groups in total. The normalized spacial score (nSPS) is 12.0. The third-order valence-corrected chi connectivity index (χ3v) is 3.51. The van der Waals surface area contributed by atoms with Crippen LogP contribution in [0.25, 0.3) is 0 Å². The number of hydrogen-bond donors (Lipinski definition) is 2. The van der Waals surface area contributed by atoms with Crippen LogP contribution in [-0.4, -0.2) is 20.3 Å². The van der Waals surface area contributed by atoms with E-state index in [1.54, 1.807) is 14.2 Å². The molecular weight excluding hydrogens is 264 g/mol. The van der Waals surface area contributed by atoms with Crippen LogP contribution in [0.2, 0.25) is 0 Å². The molecule has 2 aromatic carbocycles. The standard InChI is InChI=1S/C17H22N2O2/c1-20-16-8-5-6-13(11-16)10-15(19-18)12-14-7-3-4-9-17(14)21-2/h3-9,11,15,19H,10,12,18H2,1-2H3. The summed E-state index contributed by atoms with van der Waals surface area (Å²) in [7, 11) is 3.36. The lowest BCUT2D eigenvalue weighted by molar-refractivity contribution is 0.404. The number of nitrogens with two attached hydrogens (primary N) is 1. The highest BCUT2D eigenvalue weighted by molar-refractivity contribution is 5.34. The number of ether oxygens (including phenoxy) is 2. The van der Waals surface area contributed by atoms with Crippen LogP contribution < -0.4 is 20.7 Å². The Hall–Kier alpha value is -2.04. The van der Waals surface area contributed by atoms with E-state index < -0.39 is 0 Å². The molecule has 0 spiro atoms. The van der Waals surface area contributed by atoms with E-state index in [1.165, 1.54) is 5.56 Å². The third-order valence-electron chi connectivity index (χ3n) is 3.51. The molecule has 1 unspecified atom stereocenters. The summed E-state index contributed by atoms with van der Waals surface area (Å²) in [5.74, 6) is 7.46. The van der Waals surface area contributed by atoms with Crippen molar-refractivity contribution in [1.82, 2.24) is 5.43 Å². The van der Waals surface area contributed by atoms with Crippen LogP contribution in [0.15, 0.2) is 48.5 Å². The predicted molar refractivity (Wildman–Crippen MR) is 84.5 cm³/mol. The number of methoxy groups -OCH3 is 2. The smallest absolute Gasteiger partial charge is 0.122 e. The van der Waals surface area contributed by atoms with Crippen molar-refractivity contribution in [1.29, 1.82) is 0 Å². The lowest BCUT2D eigenvalue weighted by Gasteiger charge is -2.18. The predicted octanol–water partition coefficient (Wildman–Crippen LogP) is 2.32. The van der Waals surface area contributed by atoms with Gasteiger partial charge in [-0.25, -0.2) is 0 Å². The maximum atomic E-state index is 5.71. The summed E-state index contributed by atoms with van der Waals surface area (Å²) in [4.78, 5) is 0. The number of hydrazine groups is 1. The molecule has 4 heteroatoms. The summed E-state index contributed by atoms with van der Waals surface area (Å²) >= 11 is 0. The van der Waals surface area contributed by atoms with Crippen molar-refractivity contribution >= 4 is 0 Å². The summed E-state index contributed by atoms with van der Waals surface area (Å²) in [5.41, 5.74) is 5.22. The number of benzene rings is 2. The Kier molecular flexibility index (Phi) is 5.60. The first-order valence-corrected chi connectivity index (χ1v) is 6.97. The Labute approximate surface area is 125 Å². The largest absolute Gasteiger partial charge is 0.497 e. The highest BCUT2D eigenvalue weighted by Crippen LogP contribution is 2.21. The van der Waals surface area contributed by atoms with Crippen LogP contribution in [0.3, 0.4) is 0 Å². The first-order valence-electron chi connectivity index (χ1n) is 6.97. The van der Waals surface area contributed by atoms with Gasteiger partial charge in [0.15, 0.2) is 0 Å². The van der Waals surface area contributed by atoms with Gasteiger partial charge in [-0.15, -0.1) is 0 Å². The number of nitrogens with one attached hydrogen (secondary N) is 1. The van der Waals surface area contributed by atoms with Crippen molar-refractivity contribution in [3.8, 4) is 11.5 Å². The topological polar surface area (TPSA) is 56.5 Å². The van der Waals surface area contributed by atoms with Crippen molar-refractivity contribution in [3.05, 3.63) is 59.7 Å². The minimum atomic E-state index is 0.133. The summed E-state index contributed by atoms with van der Waals surface area (Å²) in [5, 5.41) is 0. The van der Waals surface area contributed by atoms with Crippen molar-refractivity contribution in [2.24, 2.45) is 5.84 Å². The molecule has 0 saturated heterocycles.